The quantitative estimate of drug-likeness (QED) is 0.557. The van der Waals surface area contributed by atoms with Crippen molar-refractivity contribution in [1.29, 1.82) is 0 Å². The fraction of sp³-hybridized carbons (Fsp3) is 0.846. The Bertz CT molecular complexity index is 356. The summed E-state index contributed by atoms with van der Waals surface area (Å²) in [6.45, 7) is 3.49. The van der Waals surface area contributed by atoms with Gasteiger partial charge in [-0.25, -0.2) is 0 Å². The minimum Gasteiger partial charge on any atom is -0.411 e. The first-order chi connectivity index (χ1) is 8.22. The topological polar surface area (TPSA) is 52.9 Å². The number of carbonyl (C=O) groups is 1. The number of nitrogens with zero attached hydrogens (tertiary/aromatic N) is 2. The molecule has 3 rings (SSSR count). The third-order valence-corrected chi connectivity index (χ3v) is 4.83. The van der Waals surface area contributed by atoms with E-state index in [0.717, 1.165) is 25.2 Å². The molecule has 1 saturated heterocycles. The highest BCUT2D eigenvalue weighted by molar-refractivity contribution is 5.90. The third-order valence-electron chi connectivity index (χ3n) is 4.83. The van der Waals surface area contributed by atoms with E-state index in [1.807, 2.05) is 11.8 Å². The van der Waals surface area contributed by atoms with Crippen LogP contribution in [0.5, 0.6) is 0 Å². The summed E-state index contributed by atoms with van der Waals surface area (Å²) in [4.78, 5) is 14.3. The Kier molecular flexibility index (Phi) is 2.60. The Morgan fingerprint density at radius 3 is 2.71 bits per heavy atom. The maximum Gasteiger partial charge on any atom is 0.226 e. The second-order valence-electron chi connectivity index (χ2n) is 5.81. The molecule has 0 aromatic rings. The average molecular weight is 236 g/mol. The van der Waals surface area contributed by atoms with Gasteiger partial charge >= 0.3 is 0 Å². The largest absolute Gasteiger partial charge is 0.411 e. The fourth-order valence-corrected chi connectivity index (χ4v) is 3.77. The molecular weight excluding hydrogens is 216 g/mol. The molecule has 1 N–H and O–H groups in total. The van der Waals surface area contributed by atoms with Crippen LogP contribution in [0.3, 0.4) is 0 Å². The highest BCUT2D eigenvalue weighted by Crippen LogP contribution is 2.58. The molecule has 3 atom stereocenters. The minimum atomic E-state index is 0.205. The molecule has 3 fully saturated rings. The van der Waals surface area contributed by atoms with Crippen LogP contribution < -0.4 is 0 Å². The Hall–Kier alpha value is -1.06. The number of amides is 1. The van der Waals surface area contributed by atoms with Crippen molar-refractivity contribution < 1.29 is 10.0 Å². The molecule has 17 heavy (non-hydrogen) atoms. The Morgan fingerprint density at radius 1 is 1.41 bits per heavy atom. The fourth-order valence-electron chi connectivity index (χ4n) is 3.77. The maximum atomic E-state index is 12.3. The van der Waals surface area contributed by atoms with Crippen LogP contribution in [0.1, 0.15) is 32.6 Å². The van der Waals surface area contributed by atoms with Crippen LogP contribution >= 0.6 is 0 Å². The predicted molar refractivity (Wildman–Crippen MR) is 63.9 cm³/mol. The van der Waals surface area contributed by atoms with Crippen LogP contribution in [-0.4, -0.2) is 34.8 Å². The van der Waals surface area contributed by atoms with E-state index in [1.165, 1.54) is 19.3 Å². The number of rotatable bonds is 1. The van der Waals surface area contributed by atoms with Crippen LogP contribution in [0, 0.1) is 23.7 Å². The number of hydrogen-bond donors (Lipinski definition) is 1. The van der Waals surface area contributed by atoms with Crippen LogP contribution in [0.25, 0.3) is 0 Å². The van der Waals surface area contributed by atoms with Crippen molar-refractivity contribution in [3.05, 3.63) is 0 Å². The SMILES string of the molecule is CC1CN(C(=O)C2C3CCCC32)CCC1=NO. The third kappa shape index (κ3) is 1.74. The number of oxime groups is 1. The zero-order valence-corrected chi connectivity index (χ0v) is 10.3. The molecule has 1 amide bonds. The molecule has 0 radical (unpaired) electrons. The summed E-state index contributed by atoms with van der Waals surface area (Å²) in [5, 5.41) is 12.1. The summed E-state index contributed by atoms with van der Waals surface area (Å²) in [6, 6.07) is 0. The zero-order valence-electron chi connectivity index (χ0n) is 10.3. The van der Waals surface area contributed by atoms with Gasteiger partial charge in [0, 0.05) is 31.3 Å². The molecule has 2 aliphatic carbocycles. The molecule has 1 heterocycles. The van der Waals surface area contributed by atoms with Gasteiger partial charge in [0.05, 0.1) is 5.71 Å². The van der Waals surface area contributed by atoms with E-state index in [2.05, 4.69) is 5.16 Å². The van der Waals surface area contributed by atoms with Gasteiger partial charge in [-0.15, -0.1) is 0 Å². The standard InChI is InChI=1S/C13H20N2O2/c1-8-7-15(6-5-11(8)14-17)13(16)12-9-3-2-4-10(9)12/h8-10,12,17H,2-7H2,1H3. The molecule has 3 aliphatic rings. The van der Waals surface area contributed by atoms with E-state index >= 15 is 0 Å². The molecule has 2 saturated carbocycles. The van der Waals surface area contributed by atoms with Gasteiger partial charge in [-0.1, -0.05) is 18.5 Å². The Morgan fingerprint density at radius 2 is 2.12 bits per heavy atom. The van der Waals surface area contributed by atoms with E-state index in [-0.39, 0.29) is 5.92 Å². The van der Waals surface area contributed by atoms with E-state index in [1.54, 1.807) is 0 Å². The monoisotopic (exact) mass is 236 g/mol. The Balaban J connectivity index is 1.61. The molecule has 94 valence electrons. The lowest BCUT2D eigenvalue weighted by molar-refractivity contribution is -0.134. The Labute approximate surface area is 102 Å². The van der Waals surface area contributed by atoms with Gasteiger partial charge < -0.3 is 10.1 Å². The van der Waals surface area contributed by atoms with Gasteiger partial charge in [-0.2, -0.15) is 0 Å². The van der Waals surface area contributed by atoms with Crippen LogP contribution in [-0.2, 0) is 4.79 Å². The van der Waals surface area contributed by atoms with E-state index in [4.69, 9.17) is 5.21 Å². The van der Waals surface area contributed by atoms with Gasteiger partial charge in [-0.3, -0.25) is 4.79 Å². The van der Waals surface area contributed by atoms with Crippen molar-refractivity contribution in [1.82, 2.24) is 4.90 Å². The first-order valence-corrected chi connectivity index (χ1v) is 6.72. The summed E-state index contributed by atoms with van der Waals surface area (Å²) in [5.74, 6) is 2.31. The van der Waals surface area contributed by atoms with Gasteiger partial charge in [0.15, 0.2) is 0 Å². The summed E-state index contributed by atoms with van der Waals surface area (Å²) in [7, 11) is 0. The van der Waals surface area contributed by atoms with E-state index in [9.17, 15) is 4.79 Å². The molecule has 0 spiro atoms. The molecular formula is C13H20N2O2. The lowest BCUT2D eigenvalue weighted by Crippen LogP contribution is -2.44. The predicted octanol–water partition coefficient (Wildman–Crippen LogP) is 1.73. The molecule has 0 aromatic heterocycles. The summed E-state index contributed by atoms with van der Waals surface area (Å²) < 4.78 is 0. The highest BCUT2D eigenvalue weighted by Gasteiger charge is 2.57. The summed E-state index contributed by atoms with van der Waals surface area (Å²) in [5.41, 5.74) is 0.838. The van der Waals surface area contributed by atoms with Crippen molar-refractivity contribution in [3.8, 4) is 0 Å². The molecule has 4 nitrogen and oxygen atoms in total. The number of piperidine rings is 1. The van der Waals surface area contributed by atoms with Crippen molar-refractivity contribution in [2.24, 2.45) is 28.8 Å². The average Bonchev–Trinajstić information content (AvgIpc) is 2.81. The first-order valence-electron chi connectivity index (χ1n) is 6.72. The van der Waals surface area contributed by atoms with Crippen molar-refractivity contribution in [2.45, 2.75) is 32.6 Å². The lowest BCUT2D eigenvalue weighted by Gasteiger charge is -2.32. The van der Waals surface area contributed by atoms with E-state index in [0.29, 0.717) is 23.7 Å². The van der Waals surface area contributed by atoms with Gasteiger partial charge in [0.25, 0.3) is 0 Å². The van der Waals surface area contributed by atoms with Gasteiger partial charge in [0.1, 0.15) is 0 Å². The molecule has 0 bridgehead atoms. The maximum absolute atomic E-state index is 12.3. The van der Waals surface area contributed by atoms with Gasteiger partial charge in [0.2, 0.25) is 5.91 Å². The molecule has 0 aromatic carbocycles. The summed E-state index contributed by atoms with van der Waals surface area (Å²) in [6.07, 6.45) is 4.56. The van der Waals surface area contributed by atoms with E-state index < -0.39 is 0 Å². The van der Waals surface area contributed by atoms with Crippen molar-refractivity contribution in [3.63, 3.8) is 0 Å². The molecule has 1 aliphatic heterocycles. The zero-order chi connectivity index (χ0) is 12.0. The smallest absolute Gasteiger partial charge is 0.226 e. The second-order valence-corrected chi connectivity index (χ2v) is 5.81. The highest BCUT2D eigenvalue weighted by atomic mass is 16.4. The van der Waals surface area contributed by atoms with Gasteiger partial charge in [-0.05, 0) is 24.7 Å². The second kappa shape index (κ2) is 4.00. The normalized spacial score (nSPS) is 42.6. The number of likely N-dealkylation sites (tertiary alicyclic amines) is 1. The van der Waals surface area contributed by atoms with Crippen LogP contribution in [0.4, 0.5) is 0 Å². The number of carbonyl (C=O) groups excluding carboxylic acids is 1. The molecule has 4 heteroatoms. The number of hydrogen-bond acceptors (Lipinski definition) is 3. The van der Waals surface area contributed by atoms with Crippen molar-refractivity contribution >= 4 is 11.6 Å². The minimum absolute atomic E-state index is 0.205. The van der Waals surface area contributed by atoms with Crippen molar-refractivity contribution in [2.75, 3.05) is 13.1 Å². The number of fused-ring (bicyclic) bond motifs is 1. The van der Waals surface area contributed by atoms with Crippen LogP contribution in [0.2, 0.25) is 0 Å². The lowest BCUT2D eigenvalue weighted by atomic mass is 9.97. The molecule has 3 unspecified atom stereocenters. The summed E-state index contributed by atoms with van der Waals surface area (Å²) >= 11 is 0. The van der Waals surface area contributed by atoms with Crippen LogP contribution in [0.15, 0.2) is 5.16 Å². The first kappa shape index (κ1) is 11.1.